The van der Waals surface area contributed by atoms with Crippen LogP contribution in [-0.4, -0.2) is 28.8 Å². The molecule has 3 aromatic rings. The summed E-state index contributed by atoms with van der Waals surface area (Å²) < 4.78 is 7.43. The number of nitrogens with zero attached hydrogens (tertiary/aromatic N) is 2. The van der Waals surface area contributed by atoms with Gasteiger partial charge in [-0.3, -0.25) is 4.79 Å². The van der Waals surface area contributed by atoms with E-state index in [0.717, 1.165) is 23.4 Å². The molecule has 0 unspecified atom stereocenters. The minimum atomic E-state index is 0.0529. The number of hydrogen-bond donors (Lipinski definition) is 1. The van der Waals surface area contributed by atoms with Crippen molar-refractivity contribution in [2.75, 3.05) is 13.2 Å². The molecule has 5 nitrogen and oxygen atoms in total. The molecular formula is C21H23N3O2. The van der Waals surface area contributed by atoms with Crippen molar-refractivity contribution in [2.45, 2.75) is 19.3 Å². The Morgan fingerprint density at radius 3 is 2.54 bits per heavy atom. The maximum Gasteiger partial charge on any atom is 0.220 e. The van der Waals surface area contributed by atoms with E-state index in [4.69, 9.17) is 4.74 Å². The smallest absolute Gasteiger partial charge is 0.220 e. The molecule has 0 aliphatic heterocycles. The van der Waals surface area contributed by atoms with Gasteiger partial charge in [-0.1, -0.05) is 36.4 Å². The first kappa shape index (κ1) is 17.7. The van der Waals surface area contributed by atoms with Crippen molar-refractivity contribution in [2.24, 2.45) is 0 Å². The third-order valence-corrected chi connectivity index (χ3v) is 3.95. The Balaban J connectivity index is 1.32. The van der Waals surface area contributed by atoms with Gasteiger partial charge in [-0.15, -0.1) is 0 Å². The zero-order valence-electron chi connectivity index (χ0n) is 14.7. The normalized spacial score (nSPS) is 10.5. The summed E-state index contributed by atoms with van der Waals surface area (Å²) in [6, 6.07) is 19.6. The first-order valence-electron chi connectivity index (χ1n) is 8.85. The summed E-state index contributed by atoms with van der Waals surface area (Å²) in [4.78, 5) is 11.9. The number of para-hydroxylation sites is 2. The van der Waals surface area contributed by atoms with Crippen LogP contribution in [0, 0.1) is 0 Å². The van der Waals surface area contributed by atoms with E-state index in [2.05, 4.69) is 10.4 Å². The number of aryl methyl sites for hydroxylation is 1. The first-order chi connectivity index (χ1) is 12.8. The lowest BCUT2D eigenvalue weighted by atomic mass is 10.2. The highest BCUT2D eigenvalue weighted by Gasteiger charge is 2.05. The van der Waals surface area contributed by atoms with E-state index in [9.17, 15) is 4.79 Å². The standard InChI is InChI=1S/C21H23N3O2/c25-21(22-14-7-15-26-20-10-5-2-6-11-20)13-12-18-16-23-24(17-18)19-8-3-1-4-9-19/h1-6,8-11,16-17H,7,12-15H2,(H,22,25). The molecule has 0 fully saturated rings. The Hall–Kier alpha value is -3.08. The molecule has 26 heavy (non-hydrogen) atoms. The highest BCUT2D eigenvalue weighted by molar-refractivity contribution is 5.76. The number of carbonyl (C=O) groups is 1. The molecule has 0 atom stereocenters. The molecule has 0 saturated carbocycles. The predicted molar refractivity (Wildman–Crippen MR) is 101 cm³/mol. The van der Waals surface area contributed by atoms with Crippen LogP contribution < -0.4 is 10.1 Å². The second-order valence-corrected chi connectivity index (χ2v) is 5.99. The highest BCUT2D eigenvalue weighted by atomic mass is 16.5. The fraction of sp³-hybridized carbons (Fsp3) is 0.238. The van der Waals surface area contributed by atoms with Gasteiger partial charge in [0.15, 0.2) is 0 Å². The third-order valence-electron chi connectivity index (χ3n) is 3.95. The summed E-state index contributed by atoms with van der Waals surface area (Å²) in [5.41, 5.74) is 2.07. The Bertz CT molecular complexity index is 800. The molecule has 0 radical (unpaired) electrons. The maximum atomic E-state index is 11.9. The quantitative estimate of drug-likeness (QED) is 0.603. The summed E-state index contributed by atoms with van der Waals surface area (Å²) >= 11 is 0. The summed E-state index contributed by atoms with van der Waals surface area (Å²) in [5.74, 6) is 0.909. The van der Waals surface area contributed by atoms with Crippen LogP contribution in [-0.2, 0) is 11.2 Å². The van der Waals surface area contributed by atoms with Crippen LogP contribution in [0.3, 0.4) is 0 Å². The second kappa shape index (κ2) is 9.42. The SMILES string of the molecule is O=C(CCc1cnn(-c2ccccc2)c1)NCCCOc1ccccc1. The third kappa shape index (κ3) is 5.48. The van der Waals surface area contributed by atoms with E-state index < -0.39 is 0 Å². The van der Waals surface area contributed by atoms with E-state index in [1.807, 2.05) is 77.7 Å². The van der Waals surface area contributed by atoms with Crippen LogP contribution in [0.2, 0.25) is 0 Å². The van der Waals surface area contributed by atoms with Crippen LogP contribution in [0.5, 0.6) is 5.75 Å². The Morgan fingerprint density at radius 2 is 1.77 bits per heavy atom. The van der Waals surface area contributed by atoms with Crippen molar-refractivity contribution in [3.8, 4) is 11.4 Å². The van der Waals surface area contributed by atoms with Gasteiger partial charge in [0.05, 0.1) is 18.5 Å². The number of nitrogens with one attached hydrogen (secondary N) is 1. The van der Waals surface area contributed by atoms with Crippen molar-refractivity contribution in [1.82, 2.24) is 15.1 Å². The Morgan fingerprint density at radius 1 is 1.04 bits per heavy atom. The largest absolute Gasteiger partial charge is 0.494 e. The molecule has 1 N–H and O–H groups in total. The van der Waals surface area contributed by atoms with Crippen molar-refractivity contribution in [3.63, 3.8) is 0 Å². The maximum absolute atomic E-state index is 11.9. The van der Waals surface area contributed by atoms with Gasteiger partial charge in [0, 0.05) is 19.2 Å². The molecule has 0 aliphatic rings. The summed E-state index contributed by atoms with van der Waals surface area (Å²) in [5, 5.41) is 7.28. The van der Waals surface area contributed by atoms with Crippen molar-refractivity contribution in [1.29, 1.82) is 0 Å². The summed E-state index contributed by atoms with van der Waals surface area (Å²) in [6.45, 7) is 1.21. The molecule has 2 aromatic carbocycles. The van der Waals surface area contributed by atoms with Gasteiger partial charge in [0.25, 0.3) is 0 Å². The highest BCUT2D eigenvalue weighted by Crippen LogP contribution is 2.09. The van der Waals surface area contributed by atoms with Crippen LogP contribution in [0.25, 0.3) is 5.69 Å². The van der Waals surface area contributed by atoms with E-state index in [1.165, 1.54) is 0 Å². The lowest BCUT2D eigenvalue weighted by molar-refractivity contribution is -0.121. The zero-order valence-corrected chi connectivity index (χ0v) is 14.7. The lowest BCUT2D eigenvalue weighted by Gasteiger charge is -2.07. The minimum absolute atomic E-state index is 0.0529. The van der Waals surface area contributed by atoms with E-state index in [0.29, 0.717) is 26.0 Å². The van der Waals surface area contributed by atoms with Crippen molar-refractivity contribution < 1.29 is 9.53 Å². The molecular weight excluding hydrogens is 326 g/mol. The summed E-state index contributed by atoms with van der Waals surface area (Å²) in [6.07, 6.45) is 5.70. The average Bonchev–Trinajstić information content (AvgIpc) is 3.17. The first-order valence-corrected chi connectivity index (χ1v) is 8.85. The minimum Gasteiger partial charge on any atom is -0.494 e. The van der Waals surface area contributed by atoms with Gasteiger partial charge in [-0.2, -0.15) is 5.10 Å². The molecule has 1 heterocycles. The molecule has 0 bridgehead atoms. The van der Waals surface area contributed by atoms with E-state index >= 15 is 0 Å². The molecule has 0 spiro atoms. The van der Waals surface area contributed by atoms with Crippen molar-refractivity contribution >= 4 is 5.91 Å². The predicted octanol–water partition coefficient (Wildman–Crippen LogP) is 3.39. The van der Waals surface area contributed by atoms with Gasteiger partial charge in [0.1, 0.15) is 5.75 Å². The number of aromatic nitrogens is 2. The van der Waals surface area contributed by atoms with Crippen LogP contribution in [0.4, 0.5) is 0 Å². The number of hydrogen-bond acceptors (Lipinski definition) is 3. The zero-order chi connectivity index (χ0) is 18.0. The topological polar surface area (TPSA) is 56.2 Å². The molecule has 0 saturated heterocycles. The molecule has 3 rings (SSSR count). The van der Waals surface area contributed by atoms with Gasteiger partial charge in [-0.05, 0) is 42.7 Å². The number of benzene rings is 2. The molecule has 5 heteroatoms. The molecule has 134 valence electrons. The number of rotatable bonds is 9. The van der Waals surface area contributed by atoms with Crippen molar-refractivity contribution in [3.05, 3.63) is 78.6 Å². The average molecular weight is 349 g/mol. The van der Waals surface area contributed by atoms with Gasteiger partial charge >= 0.3 is 0 Å². The number of ether oxygens (including phenoxy) is 1. The Kier molecular flexibility index (Phi) is 6.42. The fourth-order valence-corrected chi connectivity index (χ4v) is 2.56. The van der Waals surface area contributed by atoms with E-state index in [-0.39, 0.29) is 5.91 Å². The van der Waals surface area contributed by atoms with E-state index in [1.54, 1.807) is 0 Å². The lowest BCUT2D eigenvalue weighted by Crippen LogP contribution is -2.25. The molecule has 1 amide bonds. The van der Waals surface area contributed by atoms with Crippen LogP contribution in [0.15, 0.2) is 73.1 Å². The van der Waals surface area contributed by atoms with Crippen LogP contribution in [0.1, 0.15) is 18.4 Å². The van der Waals surface area contributed by atoms with Crippen LogP contribution >= 0.6 is 0 Å². The van der Waals surface area contributed by atoms with Gasteiger partial charge < -0.3 is 10.1 Å². The monoisotopic (exact) mass is 349 g/mol. The van der Waals surface area contributed by atoms with Gasteiger partial charge in [-0.25, -0.2) is 4.68 Å². The fourth-order valence-electron chi connectivity index (χ4n) is 2.56. The Labute approximate surface area is 153 Å². The second-order valence-electron chi connectivity index (χ2n) is 5.99. The number of carbonyl (C=O) groups excluding carboxylic acids is 1. The van der Waals surface area contributed by atoms with Gasteiger partial charge in [0.2, 0.25) is 5.91 Å². The summed E-state index contributed by atoms with van der Waals surface area (Å²) in [7, 11) is 0. The number of amides is 1. The molecule has 0 aliphatic carbocycles. The molecule has 1 aromatic heterocycles.